The Kier molecular flexibility index (Phi) is 5.41. The molecule has 6 nitrogen and oxygen atoms in total. The number of hydrogen-bond acceptors (Lipinski definition) is 6. The van der Waals surface area contributed by atoms with E-state index < -0.39 is 0 Å². The predicted molar refractivity (Wildman–Crippen MR) is 106 cm³/mol. The molecule has 2 aromatic heterocycles. The molecule has 3 heterocycles. The van der Waals surface area contributed by atoms with E-state index in [1.807, 2.05) is 24.6 Å². The number of carbonyl (C=O) groups excluding carboxylic acids is 1. The van der Waals surface area contributed by atoms with Gasteiger partial charge >= 0.3 is 0 Å². The maximum absolute atomic E-state index is 12.6. The lowest BCUT2D eigenvalue weighted by Gasteiger charge is -2.32. The van der Waals surface area contributed by atoms with Gasteiger partial charge in [0.1, 0.15) is 0 Å². The number of fused-ring (bicyclic) bond motifs is 1. The van der Waals surface area contributed by atoms with Gasteiger partial charge in [-0.25, -0.2) is 9.97 Å². The third-order valence-corrected chi connectivity index (χ3v) is 6.71. The average molecular weight is 387 g/mol. The van der Waals surface area contributed by atoms with Crippen molar-refractivity contribution >= 4 is 23.2 Å². The lowest BCUT2D eigenvalue weighted by atomic mass is 9.92. The molecule has 4 rings (SSSR count). The number of aromatic nitrogens is 2. The Labute approximate surface area is 163 Å². The fraction of sp³-hybridized carbons (Fsp3) is 0.550. The number of rotatable bonds is 4. The van der Waals surface area contributed by atoms with Crippen LogP contribution in [0.1, 0.15) is 58.2 Å². The highest BCUT2D eigenvalue weighted by molar-refractivity contribution is 7.12. The van der Waals surface area contributed by atoms with E-state index in [0.717, 1.165) is 72.8 Å². The molecule has 2 N–H and O–H groups in total. The van der Waals surface area contributed by atoms with E-state index in [-0.39, 0.29) is 18.6 Å². The highest BCUT2D eigenvalue weighted by Crippen LogP contribution is 2.31. The predicted octanol–water partition coefficient (Wildman–Crippen LogP) is 2.86. The van der Waals surface area contributed by atoms with E-state index in [0.29, 0.717) is 5.92 Å². The highest BCUT2D eigenvalue weighted by atomic mass is 32.1. The third-order valence-electron chi connectivity index (χ3n) is 5.70. The number of carbonyl (C=O) groups is 1. The van der Waals surface area contributed by atoms with E-state index in [4.69, 9.17) is 4.98 Å². The molecule has 0 unspecified atom stereocenters. The molecule has 0 saturated carbocycles. The van der Waals surface area contributed by atoms with Crippen LogP contribution in [0.25, 0.3) is 0 Å². The monoisotopic (exact) mass is 386 g/mol. The number of amides is 1. The van der Waals surface area contributed by atoms with Crippen LogP contribution in [0.15, 0.2) is 17.6 Å². The fourth-order valence-electron chi connectivity index (χ4n) is 3.98. The summed E-state index contributed by atoms with van der Waals surface area (Å²) in [6.45, 7) is 4.02. The number of aliphatic hydroxyl groups is 1. The maximum Gasteiger partial charge on any atom is 0.262 e. The van der Waals surface area contributed by atoms with Crippen molar-refractivity contribution in [3.8, 4) is 0 Å². The summed E-state index contributed by atoms with van der Waals surface area (Å²) in [5.74, 6) is 1.18. The SMILES string of the molecule is Cc1ccsc1C(=O)N[C@H]1CCCc2nc(N3CCC(CO)CC3)ncc21. The summed E-state index contributed by atoms with van der Waals surface area (Å²) >= 11 is 1.48. The summed E-state index contributed by atoms with van der Waals surface area (Å²) in [6.07, 6.45) is 6.74. The van der Waals surface area contributed by atoms with Crippen molar-refractivity contribution in [2.75, 3.05) is 24.6 Å². The van der Waals surface area contributed by atoms with Crippen LogP contribution in [-0.2, 0) is 6.42 Å². The minimum atomic E-state index is -0.0167. The van der Waals surface area contributed by atoms with E-state index in [9.17, 15) is 9.90 Å². The quantitative estimate of drug-likeness (QED) is 0.845. The molecule has 7 heteroatoms. The number of anilines is 1. The molecular weight excluding hydrogens is 360 g/mol. The van der Waals surface area contributed by atoms with Gasteiger partial charge in [-0.05, 0) is 62.0 Å². The van der Waals surface area contributed by atoms with Crippen LogP contribution in [0.3, 0.4) is 0 Å². The van der Waals surface area contributed by atoms with Gasteiger partial charge in [0.05, 0.1) is 16.6 Å². The molecule has 1 amide bonds. The summed E-state index contributed by atoms with van der Waals surface area (Å²) in [5.41, 5.74) is 3.13. The number of nitrogens with zero attached hydrogens (tertiary/aromatic N) is 3. The minimum Gasteiger partial charge on any atom is -0.396 e. The van der Waals surface area contributed by atoms with Gasteiger partial charge in [-0.3, -0.25) is 4.79 Å². The highest BCUT2D eigenvalue weighted by Gasteiger charge is 2.27. The lowest BCUT2D eigenvalue weighted by Crippen LogP contribution is -2.36. The van der Waals surface area contributed by atoms with Gasteiger partial charge in [0.2, 0.25) is 5.95 Å². The van der Waals surface area contributed by atoms with Crippen LogP contribution in [0.4, 0.5) is 5.95 Å². The number of nitrogens with one attached hydrogen (secondary N) is 1. The van der Waals surface area contributed by atoms with E-state index >= 15 is 0 Å². The Hall–Kier alpha value is -1.99. The van der Waals surface area contributed by atoms with Gasteiger partial charge in [-0.2, -0.15) is 0 Å². The Balaban J connectivity index is 1.49. The second-order valence-electron chi connectivity index (χ2n) is 7.54. The number of aryl methyl sites for hydroxylation is 2. The summed E-state index contributed by atoms with van der Waals surface area (Å²) in [5, 5.41) is 14.4. The zero-order chi connectivity index (χ0) is 18.8. The first kappa shape index (κ1) is 18.4. The van der Waals surface area contributed by atoms with E-state index in [1.54, 1.807) is 0 Å². The molecular formula is C20H26N4O2S. The molecule has 1 saturated heterocycles. The molecule has 144 valence electrons. The van der Waals surface area contributed by atoms with Crippen LogP contribution < -0.4 is 10.2 Å². The van der Waals surface area contributed by atoms with Gasteiger partial charge in [-0.15, -0.1) is 11.3 Å². The molecule has 1 aliphatic carbocycles. The van der Waals surface area contributed by atoms with Crippen molar-refractivity contribution in [1.29, 1.82) is 0 Å². The largest absolute Gasteiger partial charge is 0.396 e. The normalized spacial score (nSPS) is 20.4. The summed E-state index contributed by atoms with van der Waals surface area (Å²) in [4.78, 5) is 25.0. The van der Waals surface area contributed by atoms with Gasteiger partial charge in [0.15, 0.2) is 0 Å². The molecule has 2 aliphatic rings. The first-order valence-electron chi connectivity index (χ1n) is 9.72. The number of hydrogen-bond donors (Lipinski definition) is 2. The summed E-state index contributed by atoms with van der Waals surface area (Å²) < 4.78 is 0. The van der Waals surface area contributed by atoms with Crippen LogP contribution >= 0.6 is 11.3 Å². The fourth-order valence-corrected chi connectivity index (χ4v) is 4.81. The summed E-state index contributed by atoms with van der Waals surface area (Å²) in [6, 6.07) is 1.96. The van der Waals surface area contributed by atoms with Crippen molar-refractivity contribution in [2.24, 2.45) is 5.92 Å². The zero-order valence-electron chi connectivity index (χ0n) is 15.6. The van der Waals surface area contributed by atoms with E-state index in [2.05, 4.69) is 15.2 Å². The van der Waals surface area contributed by atoms with Crippen LogP contribution in [0, 0.1) is 12.8 Å². The lowest BCUT2D eigenvalue weighted by molar-refractivity contribution is 0.0936. The Morgan fingerprint density at radius 1 is 1.37 bits per heavy atom. The minimum absolute atomic E-state index is 0.00416. The van der Waals surface area contributed by atoms with Crippen molar-refractivity contribution in [3.05, 3.63) is 39.3 Å². The molecule has 27 heavy (non-hydrogen) atoms. The number of thiophene rings is 1. The second kappa shape index (κ2) is 7.94. The first-order valence-corrected chi connectivity index (χ1v) is 10.6. The van der Waals surface area contributed by atoms with Gasteiger partial charge < -0.3 is 15.3 Å². The molecule has 2 aromatic rings. The molecule has 1 aliphatic heterocycles. The molecule has 0 bridgehead atoms. The van der Waals surface area contributed by atoms with Crippen molar-refractivity contribution in [3.63, 3.8) is 0 Å². The summed E-state index contributed by atoms with van der Waals surface area (Å²) in [7, 11) is 0. The Bertz CT molecular complexity index is 814. The second-order valence-corrected chi connectivity index (χ2v) is 8.45. The standard InChI is InChI=1S/C20H26N4O2S/c1-13-7-10-27-18(13)19(26)22-16-3-2-4-17-15(16)11-21-20(23-17)24-8-5-14(12-25)6-9-24/h7,10-11,14,16,25H,2-6,8-9,12H2,1H3,(H,22,26)/t16-/m0/s1. The molecule has 1 fully saturated rings. The van der Waals surface area contributed by atoms with Crippen molar-refractivity contribution in [2.45, 2.75) is 45.1 Å². The van der Waals surface area contributed by atoms with Gasteiger partial charge in [0.25, 0.3) is 5.91 Å². The average Bonchev–Trinajstić information content (AvgIpc) is 3.14. The zero-order valence-corrected chi connectivity index (χ0v) is 16.5. The van der Waals surface area contributed by atoms with Gasteiger partial charge in [-0.1, -0.05) is 0 Å². The smallest absolute Gasteiger partial charge is 0.262 e. The first-order chi connectivity index (χ1) is 13.2. The number of aliphatic hydroxyl groups excluding tert-OH is 1. The molecule has 0 spiro atoms. The molecule has 0 aromatic carbocycles. The van der Waals surface area contributed by atoms with Gasteiger partial charge in [0, 0.05) is 31.5 Å². The van der Waals surface area contributed by atoms with Crippen molar-refractivity contribution in [1.82, 2.24) is 15.3 Å². The molecule has 0 radical (unpaired) electrons. The third kappa shape index (κ3) is 3.84. The topological polar surface area (TPSA) is 78.4 Å². The number of piperidine rings is 1. The van der Waals surface area contributed by atoms with Crippen LogP contribution in [0.5, 0.6) is 0 Å². The van der Waals surface area contributed by atoms with Crippen LogP contribution in [-0.4, -0.2) is 40.7 Å². The van der Waals surface area contributed by atoms with Crippen molar-refractivity contribution < 1.29 is 9.90 Å². The van der Waals surface area contributed by atoms with Crippen LogP contribution in [0.2, 0.25) is 0 Å². The van der Waals surface area contributed by atoms with E-state index in [1.165, 1.54) is 11.3 Å². The Morgan fingerprint density at radius 2 is 2.19 bits per heavy atom. The Morgan fingerprint density at radius 3 is 2.89 bits per heavy atom. The molecule has 1 atom stereocenters. The maximum atomic E-state index is 12.6.